The Balaban J connectivity index is 1.57. The fourth-order valence-electron chi connectivity index (χ4n) is 4.34. The van der Waals surface area contributed by atoms with E-state index in [-0.39, 0.29) is 17.0 Å². The molecule has 1 aromatic carbocycles. The Morgan fingerprint density at radius 1 is 1.19 bits per heavy atom. The SMILES string of the molecule is COc1ccc(S(=O)(=O)N[C@@H]2C3CCN(CC3)[C@@H]2Cc2cccnc2)cc1. The van der Waals surface area contributed by atoms with Crippen LogP contribution in [0.15, 0.2) is 53.7 Å². The number of rotatable bonds is 6. The number of hydrogen-bond acceptors (Lipinski definition) is 5. The second-order valence-electron chi connectivity index (χ2n) is 7.33. The minimum absolute atomic E-state index is 0.0835. The number of pyridine rings is 1. The molecule has 4 heterocycles. The number of piperidine rings is 3. The molecule has 0 saturated carbocycles. The Morgan fingerprint density at radius 2 is 1.93 bits per heavy atom. The van der Waals surface area contributed by atoms with Crippen LogP contribution in [-0.4, -0.2) is 50.6 Å². The van der Waals surface area contributed by atoms with Crippen LogP contribution in [-0.2, 0) is 16.4 Å². The van der Waals surface area contributed by atoms with Crippen molar-refractivity contribution in [1.82, 2.24) is 14.6 Å². The summed E-state index contributed by atoms with van der Waals surface area (Å²) in [6, 6.07) is 10.6. The molecule has 0 spiro atoms. The van der Waals surface area contributed by atoms with E-state index in [1.165, 1.54) is 0 Å². The van der Waals surface area contributed by atoms with Crippen LogP contribution in [0.4, 0.5) is 0 Å². The molecule has 0 unspecified atom stereocenters. The average molecular weight is 388 g/mol. The Labute approximate surface area is 160 Å². The number of ether oxygens (including phenoxy) is 1. The van der Waals surface area contributed by atoms with E-state index in [0.717, 1.165) is 37.9 Å². The summed E-state index contributed by atoms with van der Waals surface area (Å²) >= 11 is 0. The fraction of sp³-hybridized carbons (Fsp3) is 0.450. The molecule has 1 N–H and O–H groups in total. The number of methoxy groups -OCH3 is 1. The first kappa shape index (κ1) is 18.4. The first-order valence-corrected chi connectivity index (χ1v) is 10.8. The molecule has 0 aliphatic carbocycles. The number of aromatic nitrogens is 1. The van der Waals surface area contributed by atoms with Crippen LogP contribution in [0.5, 0.6) is 5.75 Å². The van der Waals surface area contributed by atoms with Crippen molar-refractivity contribution >= 4 is 10.0 Å². The number of nitrogens with zero attached hydrogens (tertiary/aromatic N) is 2. The third-order valence-corrected chi connectivity index (χ3v) is 7.27. The highest BCUT2D eigenvalue weighted by atomic mass is 32.2. The van der Waals surface area contributed by atoms with E-state index < -0.39 is 10.0 Å². The van der Waals surface area contributed by atoms with Crippen molar-refractivity contribution in [3.05, 3.63) is 54.4 Å². The molecule has 6 nitrogen and oxygen atoms in total. The standard InChI is InChI=1S/C20H25N3O3S/c1-26-17-4-6-18(7-5-17)27(24,25)22-20-16-8-11-23(12-9-16)19(20)13-15-3-2-10-21-14-15/h2-7,10,14,16,19-20,22H,8-9,11-13H2,1H3/t19-,20-/m1/s1. The van der Waals surface area contributed by atoms with Gasteiger partial charge in [-0.05, 0) is 74.2 Å². The van der Waals surface area contributed by atoms with Crippen LogP contribution in [0.1, 0.15) is 18.4 Å². The lowest BCUT2D eigenvalue weighted by Crippen LogP contribution is -2.64. The predicted molar refractivity (Wildman–Crippen MR) is 103 cm³/mol. The molecule has 2 atom stereocenters. The highest BCUT2D eigenvalue weighted by Gasteiger charge is 2.43. The molecule has 3 aliphatic heterocycles. The maximum absolute atomic E-state index is 13.0. The van der Waals surface area contributed by atoms with E-state index >= 15 is 0 Å². The smallest absolute Gasteiger partial charge is 0.240 e. The van der Waals surface area contributed by atoms with Crippen molar-refractivity contribution < 1.29 is 13.2 Å². The summed E-state index contributed by atoms with van der Waals surface area (Å²) in [6.45, 7) is 2.08. The maximum Gasteiger partial charge on any atom is 0.240 e. The zero-order chi connectivity index (χ0) is 18.9. The van der Waals surface area contributed by atoms with Gasteiger partial charge in [0, 0.05) is 24.5 Å². The third-order valence-electron chi connectivity index (χ3n) is 5.79. The van der Waals surface area contributed by atoms with Gasteiger partial charge in [0.05, 0.1) is 12.0 Å². The van der Waals surface area contributed by atoms with Gasteiger partial charge < -0.3 is 4.74 Å². The lowest BCUT2D eigenvalue weighted by Gasteiger charge is -2.51. The monoisotopic (exact) mass is 387 g/mol. The van der Waals surface area contributed by atoms with Gasteiger partial charge in [0.2, 0.25) is 10.0 Å². The van der Waals surface area contributed by atoms with Crippen LogP contribution in [0.2, 0.25) is 0 Å². The fourth-order valence-corrected chi connectivity index (χ4v) is 5.68. The van der Waals surface area contributed by atoms with Gasteiger partial charge in [-0.25, -0.2) is 13.1 Å². The van der Waals surface area contributed by atoms with E-state index in [2.05, 4.69) is 20.7 Å². The molecule has 2 aromatic rings. The number of hydrogen-bond donors (Lipinski definition) is 1. The molecule has 27 heavy (non-hydrogen) atoms. The molecule has 1 aromatic heterocycles. The van der Waals surface area contributed by atoms with Crippen LogP contribution in [0, 0.1) is 5.92 Å². The van der Waals surface area contributed by atoms with Gasteiger partial charge in [-0.1, -0.05) is 6.07 Å². The Kier molecular flexibility index (Phi) is 5.16. The van der Waals surface area contributed by atoms with Crippen molar-refractivity contribution in [2.24, 2.45) is 5.92 Å². The summed E-state index contributed by atoms with van der Waals surface area (Å²) in [4.78, 5) is 6.91. The molecule has 3 fully saturated rings. The highest BCUT2D eigenvalue weighted by Crippen LogP contribution is 2.34. The van der Waals surface area contributed by atoms with Gasteiger partial charge in [0.25, 0.3) is 0 Å². The molecule has 0 radical (unpaired) electrons. The van der Waals surface area contributed by atoms with Crippen LogP contribution in [0.25, 0.3) is 0 Å². The Hall–Kier alpha value is -1.96. The van der Waals surface area contributed by atoms with Crippen LogP contribution < -0.4 is 9.46 Å². The van der Waals surface area contributed by atoms with E-state index in [4.69, 9.17) is 4.74 Å². The van der Waals surface area contributed by atoms with Gasteiger partial charge >= 0.3 is 0 Å². The number of fused-ring (bicyclic) bond motifs is 3. The predicted octanol–water partition coefficient (Wildman–Crippen LogP) is 2.07. The van der Waals surface area contributed by atoms with Gasteiger partial charge in [-0.3, -0.25) is 9.88 Å². The zero-order valence-electron chi connectivity index (χ0n) is 15.4. The summed E-state index contributed by atoms with van der Waals surface area (Å²) < 4.78 is 34.1. The van der Waals surface area contributed by atoms with E-state index in [1.807, 2.05) is 12.3 Å². The largest absolute Gasteiger partial charge is 0.497 e. The molecule has 3 saturated heterocycles. The molecule has 0 amide bonds. The van der Waals surface area contributed by atoms with Gasteiger partial charge in [-0.2, -0.15) is 0 Å². The molecule has 144 valence electrons. The summed E-state index contributed by atoms with van der Waals surface area (Å²) in [5.74, 6) is 1.02. The summed E-state index contributed by atoms with van der Waals surface area (Å²) in [5, 5.41) is 0. The minimum Gasteiger partial charge on any atom is -0.497 e. The zero-order valence-corrected chi connectivity index (χ0v) is 16.2. The minimum atomic E-state index is -3.58. The first-order chi connectivity index (χ1) is 13.1. The molecule has 5 rings (SSSR count). The second-order valence-corrected chi connectivity index (χ2v) is 9.04. The lowest BCUT2D eigenvalue weighted by atomic mass is 9.77. The highest BCUT2D eigenvalue weighted by molar-refractivity contribution is 7.89. The number of sulfonamides is 1. The van der Waals surface area contributed by atoms with Crippen molar-refractivity contribution in [2.45, 2.75) is 36.2 Å². The molecule has 7 heteroatoms. The second kappa shape index (κ2) is 7.58. The van der Waals surface area contributed by atoms with Crippen molar-refractivity contribution in [2.75, 3.05) is 20.2 Å². The van der Waals surface area contributed by atoms with Gasteiger partial charge in [-0.15, -0.1) is 0 Å². The van der Waals surface area contributed by atoms with Gasteiger partial charge in [0.15, 0.2) is 0 Å². The summed E-state index contributed by atoms with van der Waals surface area (Å²) in [7, 11) is -2.01. The first-order valence-electron chi connectivity index (χ1n) is 9.36. The normalized spacial score (nSPS) is 27.4. The lowest BCUT2D eigenvalue weighted by molar-refractivity contribution is 0.0222. The maximum atomic E-state index is 13.0. The van der Waals surface area contributed by atoms with Crippen molar-refractivity contribution in [3.8, 4) is 5.75 Å². The van der Waals surface area contributed by atoms with Gasteiger partial charge in [0.1, 0.15) is 5.75 Å². The average Bonchev–Trinajstić information content (AvgIpc) is 2.71. The summed E-state index contributed by atoms with van der Waals surface area (Å²) in [6.07, 6.45) is 6.53. The quantitative estimate of drug-likeness (QED) is 0.822. The van der Waals surface area contributed by atoms with Crippen molar-refractivity contribution in [3.63, 3.8) is 0 Å². The number of nitrogens with one attached hydrogen (secondary N) is 1. The summed E-state index contributed by atoms with van der Waals surface area (Å²) in [5.41, 5.74) is 1.14. The molecular formula is C20H25N3O3S. The van der Waals surface area contributed by atoms with E-state index in [0.29, 0.717) is 11.7 Å². The Morgan fingerprint density at radius 3 is 2.56 bits per heavy atom. The molecule has 3 aliphatic rings. The molecular weight excluding hydrogens is 362 g/mol. The number of benzene rings is 1. The van der Waals surface area contributed by atoms with Crippen LogP contribution >= 0.6 is 0 Å². The molecule has 2 bridgehead atoms. The third kappa shape index (κ3) is 3.85. The van der Waals surface area contributed by atoms with Crippen LogP contribution in [0.3, 0.4) is 0 Å². The van der Waals surface area contributed by atoms with E-state index in [9.17, 15) is 8.42 Å². The topological polar surface area (TPSA) is 71.5 Å². The van der Waals surface area contributed by atoms with E-state index in [1.54, 1.807) is 37.6 Å². The van der Waals surface area contributed by atoms with Crippen molar-refractivity contribution in [1.29, 1.82) is 0 Å². The Bertz CT molecular complexity index is 863.